The minimum atomic E-state index is 0.903. The first-order valence-electron chi connectivity index (χ1n) is 19.2. The van der Waals surface area contributed by atoms with Crippen molar-refractivity contribution in [3.63, 3.8) is 0 Å². The number of rotatable bonds is 6. The van der Waals surface area contributed by atoms with Crippen LogP contribution in [0.2, 0.25) is 0 Å². The molecule has 10 aromatic carbocycles. The molecule has 0 aliphatic rings. The Bertz CT molecular complexity index is 3220. The molecule has 11 aromatic rings. The van der Waals surface area contributed by atoms with Gasteiger partial charge in [-0.05, 0) is 103 Å². The molecule has 0 aliphatic carbocycles. The number of furan rings is 1. The van der Waals surface area contributed by atoms with E-state index >= 15 is 0 Å². The lowest BCUT2D eigenvalue weighted by Gasteiger charge is -2.28. The first-order chi connectivity index (χ1) is 27.8. The summed E-state index contributed by atoms with van der Waals surface area (Å²) in [6.07, 6.45) is 0. The van der Waals surface area contributed by atoms with Crippen LogP contribution in [0.15, 0.2) is 217 Å². The summed E-state index contributed by atoms with van der Waals surface area (Å²) in [5, 5.41) is 9.72. The van der Waals surface area contributed by atoms with Crippen LogP contribution < -0.4 is 4.90 Å². The lowest BCUT2D eigenvalue weighted by atomic mass is 9.96. The zero-order chi connectivity index (χ0) is 37.0. The number of benzene rings is 10. The van der Waals surface area contributed by atoms with Gasteiger partial charge in [-0.25, -0.2) is 0 Å². The van der Waals surface area contributed by atoms with E-state index < -0.39 is 0 Å². The highest BCUT2D eigenvalue weighted by Crippen LogP contribution is 2.44. The first kappa shape index (κ1) is 32.0. The lowest BCUT2D eigenvalue weighted by Crippen LogP contribution is -2.10. The van der Waals surface area contributed by atoms with Crippen LogP contribution in [0.4, 0.5) is 17.1 Å². The van der Waals surface area contributed by atoms with E-state index in [0.29, 0.717) is 0 Å². The van der Waals surface area contributed by atoms with E-state index in [0.717, 1.165) is 50.1 Å². The molecule has 0 spiro atoms. The number of anilines is 3. The Kier molecular flexibility index (Phi) is 7.53. The van der Waals surface area contributed by atoms with Crippen molar-refractivity contribution in [1.29, 1.82) is 0 Å². The van der Waals surface area contributed by atoms with Crippen molar-refractivity contribution in [2.24, 2.45) is 0 Å². The van der Waals surface area contributed by atoms with Crippen molar-refractivity contribution in [3.8, 4) is 33.4 Å². The standard InChI is InChI=1S/C54H35NO/c1-3-14-44-38(11-1)13-9-19-45(44)39-25-23-36(24-26-39)37-27-31-42(32-28-37)55(51-35-41-12-2-4-15-46(41)48-16-5-6-17-49(48)51)43-33-29-40(30-34-43)47-20-10-22-53-54(47)50-18-7-8-21-52(50)56-53/h1-35H. The van der Waals surface area contributed by atoms with Crippen LogP contribution in [0.5, 0.6) is 0 Å². The molecular weight excluding hydrogens is 679 g/mol. The molecule has 0 saturated heterocycles. The molecule has 0 amide bonds. The summed E-state index contributed by atoms with van der Waals surface area (Å²) in [5.74, 6) is 0. The highest BCUT2D eigenvalue weighted by Gasteiger charge is 2.19. The Morgan fingerprint density at radius 1 is 0.304 bits per heavy atom. The van der Waals surface area contributed by atoms with Crippen molar-refractivity contribution < 1.29 is 4.42 Å². The average Bonchev–Trinajstić information content (AvgIpc) is 3.66. The third-order valence-electron chi connectivity index (χ3n) is 11.3. The summed E-state index contributed by atoms with van der Waals surface area (Å²) in [4.78, 5) is 2.40. The van der Waals surface area contributed by atoms with Gasteiger partial charge in [0.2, 0.25) is 0 Å². The van der Waals surface area contributed by atoms with E-state index in [2.05, 4.69) is 205 Å². The van der Waals surface area contributed by atoms with Gasteiger partial charge in [-0.15, -0.1) is 0 Å². The molecular formula is C54H35NO. The minimum absolute atomic E-state index is 0.903. The normalized spacial score (nSPS) is 11.6. The lowest BCUT2D eigenvalue weighted by molar-refractivity contribution is 0.669. The zero-order valence-corrected chi connectivity index (χ0v) is 30.6. The minimum Gasteiger partial charge on any atom is -0.456 e. The van der Waals surface area contributed by atoms with E-state index in [4.69, 9.17) is 4.42 Å². The fraction of sp³-hybridized carbons (Fsp3) is 0. The molecule has 0 radical (unpaired) electrons. The molecule has 0 aliphatic heterocycles. The van der Waals surface area contributed by atoms with Gasteiger partial charge in [0.1, 0.15) is 11.2 Å². The molecule has 0 N–H and O–H groups in total. The largest absolute Gasteiger partial charge is 0.456 e. The molecule has 262 valence electrons. The van der Waals surface area contributed by atoms with Crippen LogP contribution in [0.3, 0.4) is 0 Å². The van der Waals surface area contributed by atoms with Gasteiger partial charge in [-0.3, -0.25) is 0 Å². The zero-order valence-electron chi connectivity index (χ0n) is 30.6. The molecule has 11 rings (SSSR count). The van der Waals surface area contributed by atoms with Crippen LogP contribution in [-0.2, 0) is 0 Å². The molecule has 2 heteroatoms. The second-order valence-corrected chi connectivity index (χ2v) is 14.5. The number of para-hydroxylation sites is 1. The molecule has 2 nitrogen and oxygen atoms in total. The van der Waals surface area contributed by atoms with Crippen molar-refractivity contribution in [1.82, 2.24) is 0 Å². The predicted octanol–water partition coefficient (Wildman–Crippen LogP) is 15.5. The van der Waals surface area contributed by atoms with E-state index in [1.165, 1.54) is 54.6 Å². The van der Waals surface area contributed by atoms with Crippen LogP contribution in [0, 0.1) is 0 Å². The van der Waals surface area contributed by atoms with Crippen molar-refractivity contribution in [3.05, 3.63) is 212 Å². The maximum absolute atomic E-state index is 6.24. The van der Waals surface area contributed by atoms with Crippen LogP contribution in [-0.4, -0.2) is 0 Å². The molecule has 0 fully saturated rings. The highest BCUT2D eigenvalue weighted by molar-refractivity contribution is 6.15. The van der Waals surface area contributed by atoms with E-state index in [1.54, 1.807) is 0 Å². The van der Waals surface area contributed by atoms with Crippen LogP contribution >= 0.6 is 0 Å². The quantitative estimate of drug-likeness (QED) is 0.160. The molecule has 0 unspecified atom stereocenters. The Balaban J connectivity index is 1.02. The van der Waals surface area contributed by atoms with Crippen molar-refractivity contribution in [2.75, 3.05) is 4.90 Å². The Hall–Kier alpha value is -7.42. The second-order valence-electron chi connectivity index (χ2n) is 14.5. The van der Waals surface area contributed by atoms with Gasteiger partial charge in [0.15, 0.2) is 0 Å². The third-order valence-corrected chi connectivity index (χ3v) is 11.3. The monoisotopic (exact) mass is 713 g/mol. The molecule has 0 saturated carbocycles. The summed E-state index contributed by atoms with van der Waals surface area (Å²) < 4.78 is 6.24. The highest BCUT2D eigenvalue weighted by atomic mass is 16.3. The van der Waals surface area contributed by atoms with E-state index in [9.17, 15) is 0 Å². The van der Waals surface area contributed by atoms with E-state index in [1.807, 2.05) is 12.1 Å². The van der Waals surface area contributed by atoms with Crippen LogP contribution in [0.25, 0.3) is 87.6 Å². The number of fused-ring (bicyclic) bond motifs is 7. The number of nitrogens with zero attached hydrogens (tertiary/aromatic N) is 1. The van der Waals surface area contributed by atoms with Gasteiger partial charge in [-0.1, -0.05) is 170 Å². The van der Waals surface area contributed by atoms with Gasteiger partial charge in [0, 0.05) is 27.5 Å². The predicted molar refractivity (Wildman–Crippen MR) is 237 cm³/mol. The fourth-order valence-corrected chi connectivity index (χ4v) is 8.57. The Morgan fingerprint density at radius 2 is 0.786 bits per heavy atom. The van der Waals surface area contributed by atoms with E-state index in [-0.39, 0.29) is 0 Å². The van der Waals surface area contributed by atoms with Gasteiger partial charge >= 0.3 is 0 Å². The first-order valence-corrected chi connectivity index (χ1v) is 19.2. The van der Waals surface area contributed by atoms with Gasteiger partial charge in [0.25, 0.3) is 0 Å². The summed E-state index contributed by atoms with van der Waals surface area (Å²) >= 11 is 0. The molecule has 0 bridgehead atoms. The van der Waals surface area contributed by atoms with Gasteiger partial charge in [-0.2, -0.15) is 0 Å². The van der Waals surface area contributed by atoms with Gasteiger partial charge in [0.05, 0.1) is 5.69 Å². The average molecular weight is 714 g/mol. The van der Waals surface area contributed by atoms with Crippen molar-refractivity contribution in [2.45, 2.75) is 0 Å². The number of hydrogen-bond donors (Lipinski definition) is 0. The number of hydrogen-bond acceptors (Lipinski definition) is 2. The Morgan fingerprint density at radius 3 is 1.54 bits per heavy atom. The topological polar surface area (TPSA) is 16.4 Å². The summed E-state index contributed by atoms with van der Waals surface area (Å²) in [6, 6.07) is 76.5. The molecule has 56 heavy (non-hydrogen) atoms. The van der Waals surface area contributed by atoms with Crippen LogP contribution in [0.1, 0.15) is 0 Å². The molecule has 1 aromatic heterocycles. The second kappa shape index (κ2) is 13.2. The van der Waals surface area contributed by atoms with Crippen molar-refractivity contribution >= 4 is 71.3 Å². The smallest absolute Gasteiger partial charge is 0.136 e. The summed E-state index contributed by atoms with van der Waals surface area (Å²) in [6.45, 7) is 0. The maximum atomic E-state index is 6.24. The van der Waals surface area contributed by atoms with Gasteiger partial charge < -0.3 is 9.32 Å². The fourth-order valence-electron chi connectivity index (χ4n) is 8.57. The summed E-state index contributed by atoms with van der Waals surface area (Å²) in [5.41, 5.74) is 12.3. The Labute approximate surface area is 325 Å². The third kappa shape index (κ3) is 5.34. The molecule has 1 heterocycles. The SMILES string of the molecule is c1ccc2c(-c3ccc(-c4ccc(N(c5ccc(-c6cccc7oc8ccccc8c67)cc5)c5cc6ccccc6c6ccccc56)cc4)cc3)cccc2c1. The maximum Gasteiger partial charge on any atom is 0.136 e. The summed E-state index contributed by atoms with van der Waals surface area (Å²) in [7, 11) is 0. The molecule has 0 atom stereocenters.